The number of nitrogens with one attached hydrogen (secondary N) is 2. The summed E-state index contributed by atoms with van der Waals surface area (Å²) in [5, 5.41) is 14.6. The number of carbonyl (C=O) groups is 3. The lowest BCUT2D eigenvalue weighted by atomic mass is 9.92. The van der Waals surface area contributed by atoms with Crippen LogP contribution in [0.5, 0.6) is 0 Å². The zero-order chi connectivity index (χ0) is 24.7. The molecule has 0 bridgehead atoms. The highest BCUT2D eigenvalue weighted by Gasteiger charge is 2.29. The van der Waals surface area contributed by atoms with Crippen molar-refractivity contribution in [3.05, 3.63) is 59.7 Å². The lowest BCUT2D eigenvalue weighted by Crippen LogP contribution is -2.41. The maximum atomic E-state index is 12.6. The summed E-state index contributed by atoms with van der Waals surface area (Å²) < 4.78 is 5.54. The number of fused-ring (bicyclic) bond motifs is 3. The number of rotatable bonds is 11. The predicted molar refractivity (Wildman–Crippen MR) is 130 cm³/mol. The minimum atomic E-state index is -0.878. The fraction of sp³-hybridized carbons (Fsp3) is 0.444. The number of ether oxygens (including phenoxy) is 1. The SMILES string of the molecule is CCC(CNC(=O)OCC1c2ccccc2-c2ccccc21)C(=O)NCC(CC(=O)O)C(C)C. The summed E-state index contributed by atoms with van der Waals surface area (Å²) >= 11 is 0. The van der Waals surface area contributed by atoms with Gasteiger partial charge in [0.25, 0.3) is 0 Å². The van der Waals surface area contributed by atoms with Gasteiger partial charge in [0.2, 0.25) is 5.91 Å². The predicted octanol–water partition coefficient (Wildman–Crippen LogP) is 4.41. The molecule has 0 aromatic heterocycles. The molecule has 3 N–H and O–H groups in total. The Kier molecular flexibility index (Phi) is 8.68. The van der Waals surface area contributed by atoms with Crippen LogP contribution in [0.15, 0.2) is 48.5 Å². The summed E-state index contributed by atoms with van der Waals surface area (Å²) in [6, 6.07) is 16.3. The summed E-state index contributed by atoms with van der Waals surface area (Å²) in [6.45, 7) is 6.43. The molecule has 1 aliphatic rings. The third kappa shape index (κ3) is 6.16. The van der Waals surface area contributed by atoms with Gasteiger partial charge >= 0.3 is 12.1 Å². The zero-order valence-corrected chi connectivity index (χ0v) is 20.0. The van der Waals surface area contributed by atoms with Crippen LogP contribution in [0.3, 0.4) is 0 Å². The molecule has 2 aromatic carbocycles. The van der Waals surface area contributed by atoms with E-state index < -0.39 is 18.0 Å². The van der Waals surface area contributed by atoms with Crippen LogP contribution >= 0.6 is 0 Å². The van der Waals surface area contributed by atoms with Gasteiger partial charge in [-0.1, -0.05) is 69.3 Å². The van der Waals surface area contributed by atoms with Crippen molar-refractivity contribution in [2.24, 2.45) is 17.8 Å². The average molecular weight is 467 g/mol. The quantitative estimate of drug-likeness (QED) is 0.455. The van der Waals surface area contributed by atoms with Crippen molar-refractivity contribution in [1.82, 2.24) is 10.6 Å². The van der Waals surface area contributed by atoms with Crippen molar-refractivity contribution in [2.45, 2.75) is 39.5 Å². The molecule has 2 unspecified atom stereocenters. The van der Waals surface area contributed by atoms with Crippen molar-refractivity contribution in [3.63, 3.8) is 0 Å². The molecule has 0 spiro atoms. The van der Waals surface area contributed by atoms with E-state index in [-0.39, 0.29) is 43.2 Å². The summed E-state index contributed by atoms with van der Waals surface area (Å²) in [5.74, 6) is -1.53. The van der Waals surface area contributed by atoms with Gasteiger partial charge in [0, 0.05) is 19.0 Å². The van der Waals surface area contributed by atoms with Crippen molar-refractivity contribution in [1.29, 1.82) is 0 Å². The first-order chi connectivity index (χ1) is 16.3. The van der Waals surface area contributed by atoms with Gasteiger partial charge in [0.05, 0.1) is 12.3 Å². The second-order valence-electron chi connectivity index (χ2n) is 9.16. The average Bonchev–Trinajstić information content (AvgIpc) is 3.14. The molecule has 0 fully saturated rings. The molecule has 0 heterocycles. The molecule has 0 saturated carbocycles. The molecule has 7 nitrogen and oxygen atoms in total. The molecule has 2 amide bonds. The van der Waals surface area contributed by atoms with E-state index in [1.54, 1.807) is 0 Å². The first-order valence-corrected chi connectivity index (χ1v) is 11.9. The Labute approximate surface area is 200 Å². The number of amides is 2. The third-order valence-electron chi connectivity index (χ3n) is 6.62. The Hall–Kier alpha value is -3.35. The van der Waals surface area contributed by atoms with Crippen LogP contribution in [0.1, 0.15) is 50.7 Å². The molecule has 34 heavy (non-hydrogen) atoms. The summed E-state index contributed by atoms with van der Waals surface area (Å²) in [6.07, 6.45) is -0.00733. The molecule has 2 aromatic rings. The maximum absolute atomic E-state index is 12.6. The highest BCUT2D eigenvalue weighted by atomic mass is 16.5. The van der Waals surface area contributed by atoms with E-state index in [0.717, 1.165) is 22.3 Å². The molecular weight excluding hydrogens is 432 g/mol. The number of benzene rings is 2. The van der Waals surface area contributed by atoms with E-state index in [0.29, 0.717) is 13.0 Å². The van der Waals surface area contributed by atoms with Crippen LogP contribution in [-0.2, 0) is 14.3 Å². The van der Waals surface area contributed by atoms with Crippen molar-refractivity contribution < 1.29 is 24.2 Å². The van der Waals surface area contributed by atoms with Gasteiger partial charge in [0.1, 0.15) is 6.61 Å². The standard InChI is InChI=1S/C27H34N2O5/c1-4-18(26(32)28-15-19(17(2)3)13-25(30)31)14-29-27(33)34-16-24-22-11-7-5-9-20(22)21-10-6-8-12-23(21)24/h5-12,17-19,24H,4,13-16H2,1-3H3,(H,28,32)(H,29,33)(H,30,31). The van der Waals surface area contributed by atoms with E-state index in [1.807, 2.05) is 45.0 Å². The Morgan fingerprint density at radius 3 is 2.06 bits per heavy atom. The van der Waals surface area contributed by atoms with Gasteiger partial charge in [-0.15, -0.1) is 0 Å². The second-order valence-corrected chi connectivity index (χ2v) is 9.16. The topological polar surface area (TPSA) is 105 Å². The van der Waals surface area contributed by atoms with Crippen LogP contribution in [0, 0.1) is 17.8 Å². The van der Waals surface area contributed by atoms with E-state index in [9.17, 15) is 14.4 Å². The Bertz CT molecular complexity index is 974. The van der Waals surface area contributed by atoms with Crippen molar-refractivity contribution in [2.75, 3.05) is 19.7 Å². The molecule has 3 rings (SSSR count). The minimum absolute atomic E-state index is 0.00668. The number of carbonyl (C=O) groups excluding carboxylic acids is 2. The molecule has 2 atom stereocenters. The molecule has 182 valence electrons. The highest BCUT2D eigenvalue weighted by Crippen LogP contribution is 2.44. The van der Waals surface area contributed by atoms with Crippen molar-refractivity contribution in [3.8, 4) is 11.1 Å². The minimum Gasteiger partial charge on any atom is -0.481 e. The Balaban J connectivity index is 1.50. The lowest BCUT2D eigenvalue weighted by Gasteiger charge is -2.22. The summed E-state index contributed by atoms with van der Waals surface area (Å²) in [4.78, 5) is 36.0. The van der Waals surface area contributed by atoms with Gasteiger partial charge in [-0.05, 0) is 40.5 Å². The van der Waals surface area contributed by atoms with Gasteiger partial charge < -0.3 is 20.5 Å². The smallest absolute Gasteiger partial charge is 0.407 e. The van der Waals surface area contributed by atoms with E-state index >= 15 is 0 Å². The van der Waals surface area contributed by atoms with Gasteiger partial charge in [-0.25, -0.2) is 4.79 Å². The van der Waals surface area contributed by atoms with Crippen LogP contribution in [0.4, 0.5) is 4.79 Å². The fourth-order valence-corrected chi connectivity index (χ4v) is 4.42. The molecule has 7 heteroatoms. The first-order valence-electron chi connectivity index (χ1n) is 11.9. The molecule has 0 saturated heterocycles. The summed E-state index contributed by atoms with van der Waals surface area (Å²) in [5.41, 5.74) is 4.61. The van der Waals surface area contributed by atoms with E-state index in [1.165, 1.54) is 0 Å². The first kappa shape index (κ1) is 25.3. The summed E-state index contributed by atoms with van der Waals surface area (Å²) in [7, 11) is 0. The van der Waals surface area contributed by atoms with Crippen LogP contribution in [-0.4, -0.2) is 42.8 Å². The third-order valence-corrected chi connectivity index (χ3v) is 6.62. The monoisotopic (exact) mass is 466 g/mol. The number of alkyl carbamates (subject to hydrolysis) is 1. The molecule has 0 aliphatic heterocycles. The molecule has 1 aliphatic carbocycles. The van der Waals surface area contributed by atoms with Gasteiger partial charge in [0.15, 0.2) is 0 Å². The van der Waals surface area contributed by atoms with Crippen molar-refractivity contribution >= 4 is 18.0 Å². The maximum Gasteiger partial charge on any atom is 0.407 e. The van der Waals surface area contributed by atoms with E-state index in [2.05, 4.69) is 34.9 Å². The van der Waals surface area contributed by atoms with Gasteiger partial charge in [-0.2, -0.15) is 0 Å². The molecular formula is C27H34N2O5. The number of aliphatic carboxylic acids is 1. The fourth-order valence-electron chi connectivity index (χ4n) is 4.42. The normalized spacial score (nSPS) is 14.1. The van der Waals surface area contributed by atoms with Crippen LogP contribution in [0.25, 0.3) is 11.1 Å². The Morgan fingerprint density at radius 1 is 0.941 bits per heavy atom. The number of hydrogen-bond acceptors (Lipinski definition) is 4. The number of hydrogen-bond donors (Lipinski definition) is 3. The number of carboxylic acid groups (broad SMARTS) is 1. The second kappa shape index (κ2) is 11.7. The van der Waals surface area contributed by atoms with Crippen LogP contribution in [0.2, 0.25) is 0 Å². The van der Waals surface area contributed by atoms with Gasteiger partial charge in [-0.3, -0.25) is 9.59 Å². The number of carboxylic acids is 1. The molecule has 0 radical (unpaired) electrons. The largest absolute Gasteiger partial charge is 0.481 e. The zero-order valence-electron chi connectivity index (χ0n) is 20.0. The lowest BCUT2D eigenvalue weighted by molar-refractivity contribution is -0.138. The Morgan fingerprint density at radius 2 is 1.53 bits per heavy atom. The highest BCUT2D eigenvalue weighted by molar-refractivity contribution is 5.80. The van der Waals surface area contributed by atoms with E-state index in [4.69, 9.17) is 9.84 Å². The van der Waals surface area contributed by atoms with Crippen LogP contribution < -0.4 is 10.6 Å².